The number of nitrogens with one attached hydrogen (secondary N) is 1. The Hall–Kier alpha value is -2.15. The van der Waals surface area contributed by atoms with Gasteiger partial charge in [-0.05, 0) is 13.3 Å². The fraction of sp³-hybridized carbons (Fsp3) is 0.500. The van der Waals surface area contributed by atoms with Gasteiger partial charge in [0.1, 0.15) is 11.1 Å². The van der Waals surface area contributed by atoms with Crippen molar-refractivity contribution in [2.45, 2.75) is 32.3 Å². The molecule has 21 heavy (non-hydrogen) atoms. The molecule has 0 spiro atoms. The Bertz CT molecular complexity index is 755. The van der Waals surface area contributed by atoms with Crippen molar-refractivity contribution >= 4 is 17.0 Å². The molecule has 1 amide bonds. The van der Waals surface area contributed by atoms with E-state index in [0.717, 1.165) is 6.42 Å². The predicted molar refractivity (Wildman–Crippen MR) is 75.1 cm³/mol. The smallest absolute Gasteiger partial charge is 0.262 e. The number of β-amino-alcohol motifs (C(OH)–C–C–N with tert-alkyl or cyclic N) is 1. The standard InChI is InChI=1S/C14H17N3O4/c1-3-4-14(20)5-17(6-14)13(19)9-8(2)21-12-10(9)11(18)15-7-16-12/h7,20H,3-6H2,1-2H3,(H,15,16,18). The number of carbonyl (C=O) groups is 1. The molecule has 7 nitrogen and oxygen atoms in total. The molecule has 0 radical (unpaired) electrons. The van der Waals surface area contributed by atoms with Crippen molar-refractivity contribution < 1.29 is 14.3 Å². The van der Waals surface area contributed by atoms with Crippen LogP contribution in [0, 0.1) is 6.92 Å². The van der Waals surface area contributed by atoms with Gasteiger partial charge in [-0.15, -0.1) is 0 Å². The van der Waals surface area contributed by atoms with Gasteiger partial charge in [0.25, 0.3) is 11.5 Å². The second-order valence-electron chi connectivity index (χ2n) is 5.58. The monoisotopic (exact) mass is 291 g/mol. The van der Waals surface area contributed by atoms with Gasteiger partial charge < -0.3 is 19.4 Å². The summed E-state index contributed by atoms with van der Waals surface area (Å²) in [4.78, 5) is 32.3. The number of amides is 1. The average molecular weight is 291 g/mol. The molecule has 1 aliphatic heterocycles. The minimum absolute atomic E-state index is 0.156. The molecule has 3 heterocycles. The highest BCUT2D eigenvalue weighted by molar-refractivity contribution is 6.06. The van der Waals surface area contributed by atoms with Gasteiger partial charge in [0.05, 0.1) is 30.6 Å². The van der Waals surface area contributed by atoms with Gasteiger partial charge in [0.2, 0.25) is 5.71 Å². The molecule has 1 fully saturated rings. The van der Waals surface area contributed by atoms with E-state index >= 15 is 0 Å². The molecular formula is C14H17N3O4. The van der Waals surface area contributed by atoms with Gasteiger partial charge >= 0.3 is 0 Å². The lowest BCUT2D eigenvalue weighted by Crippen LogP contribution is -2.63. The van der Waals surface area contributed by atoms with Crippen LogP contribution >= 0.6 is 0 Å². The maximum Gasteiger partial charge on any atom is 0.262 e. The predicted octanol–water partition coefficient (Wildman–Crippen LogP) is 0.812. The first-order valence-corrected chi connectivity index (χ1v) is 6.93. The number of nitrogens with zero attached hydrogens (tertiary/aromatic N) is 2. The van der Waals surface area contributed by atoms with Crippen molar-refractivity contribution in [1.29, 1.82) is 0 Å². The van der Waals surface area contributed by atoms with Gasteiger partial charge in [-0.3, -0.25) is 9.59 Å². The molecule has 1 saturated heterocycles. The zero-order valence-electron chi connectivity index (χ0n) is 12.0. The third-order valence-electron chi connectivity index (χ3n) is 3.86. The van der Waals surface area contributed by atoms with Gasteiger partial charge in [0, 0.05) is 0 Å². The molecule has 7 heteroatoms. The third kappa shape index (κ3) is 2.13. The number of aliphatic hydroxyl groups is 1. The molecule has 2 aromatic heterocycles. The Morgan fingerprint density at radius 1 is 1.57 bits per heavy atom. The number of aromatic amines is 1. The Morgan fingerprint density at radius 2 is 2.29 bits per heavy atom. The van der Waals surface area contributed by atoms with Crippen LogP contribution in [-0.2, 0) is 0 Å². The topological polar surface area (TPSA) is 99.4 Å². The fourth-order valence-corrected chi connectivity index (χ4v) is 2.90. The van der Waals surface area contributed by atoms with Crippen LogP contribution in [0.5, 0.6) is 0 Å². The van der Waals surface area contributed by atoms with Crippen molar-refractivity contribution in [3.05, 3.63) is 28.0 Å². The van der Waals surface area contributed by atoms with Gasteiger partial charge in [-0.25, -0.2) is 4.98 Å². The molecule has 0 bridgehead atoms. The van der Waals surface area contributed by atoms with E-state index in [0.29, 0.717) is 12.2 Å². The maximum absolute atomic E-state index is 12.5. The second kappa shape index (κ2) is 4.70. The number of fused-ring (bicyclic) bond motifs is 1. The fourth-order valence-electron chi connectivity index (χ4n) is 2.90. The van der Waals surface area contributed by atoms with Crippen LogP contribution in [0.25, 0.3) is 11.1 Å². The molecular weight excluding hydrogens is 274 g/mol. The molecule has 0 unspecified atom stereocenters. The lowest BCUT2D eigenvalue weighted by atomic mass is 9.88. The van der Waals surface area contributed by atoms with Crippen LogP contribution in [0.2, 0.25) is 0 Å². The summed E-state index contributed by atoms with van der Waals surface area (Å²) in [6.07, 6.45) is 2.76. The summed E-state index contributed by atoms with van der Waals surface area (Å²) in [5.41, 5.74) is -0.811. The molecule has 0 aliphatic carbocycles. The summed E-state index contributed by atoms with van der Waals surface area (Å²) in [6, 6.07) is 0. The van der Waals surface area contributed by atoms with Crippen LogP contribution < -0.4 is 5.56 Å². The minimum atomic E-state index is -0.803. The quantitative estimate of drug-likeness (QED) is 0.871. The molecule has 0 aromatic carbocycles. The third-order valence-corrected chi connectivity index (χ3v) is 3.86. The number of rotatable bonds is 3. The highest BCUT2D eigenvalue weighted by Crippen LogP contribution is 2.30. The van der Waals surface area contributed by atoms with E-state index in [2.05, 4.69) is 9.97 Å². The Kier molecular flexibility index (Phi) is 3.09. The highest BCUT2D eigenvalue weighted by Gasteiger charge is 2.44. The normalized spacial score (nSPS) is 17.0. The van der Waals surface area contributed by atoms with Crippen molar-refractivity contribution in [3.63, 3.8) is 0 Å². The second-order valence-corrected chi connectivity index (χ2v) is 5.58. The Labute approximate surface area is 120 Å². The van der Waals surface area contributed by atoms with Crippen LogP contribution in [0.3, 0.4) is 0 Å². The van der Waals surface area contributed by atoms with Gasteiger partial charge in [0.15, 0.2) is 0 Å². The summed E-state index contributed by atoms with van der Waals surface area (Å²) in [5, 5.41) is 10.3. The summed E-state index contributed by atoms with van der Waals surface area (Å²) in [6.45, 7) is 4.18. The van der Waals surface area contributed by atoms with E-state index in [1.807, 2.05) is 6.92 Å². The summed E-state index contributed by atoms with van der Waals surface area (Å²) >= 11 is 0. The number of likely N-dealkylation sites (tertiary alicyclic amines) is 1. The molecule has 1 aliphatic rings. The first-order valence-electron chi connectivity index (χ1n) is 6.93. The van der Waals surface area contributed by atoms with E-state index in [9.17, 15) is 14.7 Å². The Morgan fingerprint density at radius 3 is 2.95 bits per heavy atom. The zero-order chi connectivity index (χ0) is 15.2. The summed E-state index contributed by atoms with van der Waals surface area (Å²) < 4.78 is 5.38. The molecule has 0 saturated carbocycles. The molecule has 3 rings (SSSR count). The summed E-state index contributed by atoms with van der Waals surface area (Å²) in [5.74, 6) is 0.0654. The van der Waals surface area contributed by atoms with Crippen molar-refractivity contribution in [2.75, 3.05) is 13.1 Å². The van der Waals surface area contributed by atoms with Crippen LogP contribution in [0.1, 0.15) is 35.9 Å². The number of furan rings is 1. The molecule has 0 atom stereocenters. The lowest BCUT2D eigenvalue weighted by molar-refractivity contribution is -0.0860. The summed E-state index contributed by atoms with van der Waals surface area (Å²) in [7, 11) is 0. The SMILES string of the molecule is CCCC1(O)CN(C(=O)c2c(C)oc3nc[nH]c(=O)c23)C1. The van der Waals surface area contributed by atoms with E-state index in [1.165, 1.54) is 11.2 Å². The van der Waals surface area contributed by atoms with Crippen molar-refractivity contribution in [1.82, 2.24) is 14.9 Å². The van der Waals surface area contributed by atoms with Gasteiger partial charge in [-0.2, -0.15) is 0 Å². The van der Waals surface area contributed by atoms with Crippen LogP contribution in [0.4, 0.5) is 0 Å². The van der Waals surface area contributed by atoms with E-state index < -0.39 is 11.2 Å². The van der Waals surface area contributed by atoms with Crippen LogP contribution in [0.15, 0.2) is 15.5 Å². The minimum Gasteiger partial charge on any atom is -0.442 e. The van der Waals surface area contributed by atoms with Crippen LogP contribution in [-0.4, -0.2) is 44.6 Å². The number of carbonyl (C=O) groups excluding carboxylic acids is 1. The largest absolute Gasteiger partial charge is 0.442 e. The zero-order valence-corrected chi connectivity index (χ0v) is 12.0. The van der Waals surface area contributed by atoms with Crippen molar-refractivity contribution in [2.24, 2.45) is 0 Å². The number of aryl methyl sites for hydroxylation is 1. The van der Waals surface area contributed by atoms with E-state index in [1.54, 1.807) is 6.92 Å². The molecule has 112 valence electrons. The number of H-pyrrole nitrogens is 1. The maximum atomic E-state index is 12.5. The average Bonchev–Trinajstić information content (AvgIpc) is 2.73. The molecule has 2 N–H and O–H groups in total. The lowest BCUT2D eigenvalue weighted by Gasteiger charge is -2.46. The van der Waals surface area contributed by atoms with Gasteiger partial charge in [-0.1, -0.05) is 13.3 Å². The number of hydrogen-bond acceptors (Lipinski definition) is 5. The number of aromatic nitrogens is 2. The first-order chi connectivity index (χ1) is 9.95. The highest BCUT2D eigenvalue weighted by atomic mass is 16.3. The number of hydrogen-bond donors (Lipinski definition) is 2. The van der Waals surface area contributed by atoms with Crippen molar-refractivity contribution in [3.8, 4) is 0 Å². The Balaban J connectivity index is 1.94. The van der Waals surface area contributed by atoms with E-state index in [-0.39, 0.29) is 35.7 Å². The molecule has 2 aromatic rings. The first kappa shape index (κ1) is 13.8. The van der Waals surface area contributed by atoms with E-state index in [4.69, 9.17) is 4.42 Å².